The molecule has 1 N–H and O–H groups in total. The first-order valence-electron chi connectivity index (χ1n) is 8.39. The number of hydrogen-bond donors (Lipinski definition) is 2. The Morgan fingerprint density at radius 2 is 1.55 bits per heavy atom. The van der Waals surface area contributed by atoms with Gasteiger partial charge in [0.1, 0.15) is 10.7 Å². The molecule has 3 rings (SSSR count). The summed E-state index contributed by atoms with van der Waals surface area (Å²) in [5, 5.41) is 0. The molecule has 2 aromatic carbocycles. The van der Waals surface area contributed by atoms with E-state index in [-0.39, 0.29) is 21.9 Å². The van der Waals surface area contributed by atoms with E-state index in [1.54, 1.807) is 4.24 Å². The standard InChI is InChI=1S/C18H13ClF3N3O4S2/c19-25-31(28,29)14-7-5-12(6-8-14)15-9-23-17(18(20,21)22)24-16(15)13-3-1-11(2-4-13)10-30(26)27/h1-9,25,30H,10H2. The number of hydrogen-bond acceptors (Lipinski definition) is 6. The van der Waals surface area contributed by atoms with Crippen molar-refractivity contribution in [3.05, 3.63) is 66.1 Å². The van der Waals surface area contributed by atoms with E-state index in [0.29, 0.717) is 16.7 Å². The minimum absolute atomic E-state index is 0.0496. The highest BCUT2D eigenvalue weighted by atomic mass is 35.5. The summed E-state index contributed by atoms with van der Waals surface area (Å²) in [5.41, 5.74) is 1.30. The highest BCUT2D eigenvalue weighted by Crippen LogP contribution is 2.34. The SMILES string of the molecule is O=[SH](=O)Cc1ccc(-c2nc(C(F)(F)F)ncc2-c2ccc(S(=O)(=O)NCl)cc2)cc1. The first-order valence-corrected chi connectivity index (χ1v) is 11.6. The molecule has 7 nitrogen and oxygen atoms in total. The molecule has 31 heavy (non-hydrogen) atoms. The molecule has 0 saturated heterocycles. The Hall–Kier alpha value is -2.54. The van der Waals surface area contributed by atoms with E-state index in [1.807, 2.05) is 0 Å². The van der Waals surface area contributed by atoms with Gasteiger partial charge in [0.25, 0.3) is 10.0 Å². The van der Waals surface area contributed by atoms with Crippen molar-refractivity contribution in [3.63, 3.8) is 0 Å². The molecule has 0 amide bonds. The molecule has 13 heteroatoms. The van der Waals surface area contributed by atoms with Gasteiger partial charge < -0.3 is 0 Å². The molecule has 3 aromatic rings. The van der Waals surface area contributed by atoms with Crippen molar-refractivity contribution in [1.82, 2.24) is 14.2 Å². The zero-order valence-corrected chi connectivity index (χ0v) is 17.8. The zero-order valence-electron chi connectivity index (χ0n) is 15.3. The lowest BCUT2D eigenvalue weighted by Crippen LogP contribution is -2.13. The van der Waals surface area contributed by atoms with Gasteiger partial charge >= 0.3 is 6.18 Å². The monoisotopic (exact) mass is 491 g/mol. The Morgan fingerprint density at radius 3 is 2.06 bits per heavy atom. The van der Waals surface area contributed by atoms with Crippen LogP contribution in [0.2, 0.25) is 0 Å². The van der Waals surface area contributed by atoms with Crippen LogP contribution < -0.4 is 4.24 Å². The molecule has 0 aliphatic rings. The fourth-order valence-electron chi connectivity index (χ4n) is 2.72. The maximum absolute atomic E-state index is 13.2. The predicted molar refractivity (Wildman–Crippen MR) is 108 cm³/mol. The van der Waals surface area contributed by atoms with E-state index in [9.17, 15) is 30.0 Å². The number of halogens is 4. The Morgan fingerprint density at radius 1 is 0.968 bits per heavy atom. The van der Waals surface area contributed by atoms with Crippen LogP contribution in [0.5, 0.6) is 0 Å². The number of thiol groups is 1. The maximum Gasteiger partial charge on any atom is 0.451 e. The normalized spacial score (nSPS) is 12.3. The largest absolute Gasteiger partial charge is 0.451 e. The summed E-state index contributed by atoms with van der Waals surface area (Å²) in [7, 11) is -6.57. The summed E-state index contributed by atoms with van der Waals surface area (Å²) in [6.45, 7) is 0. The Bertz CT molecular complexity index is 1270. The molecule has 0 spiro atoms. The lowest BCUT2D eigenvalue weighted by atomic mass is 10.00. The van der Waals surface area contributed by atoms with Gasteiger partial charge in [0, 0.05) is 17.3 Å². The molecule has 0 fully saturated rings. The number of sulfonamides is 1. The van der Waals surface area contributed by atoms with Crippen LogP contribution in [0.1, 0.15) is 11.4 Å². The average molecular weight is 492 g/mol. The number of aromatic nitrogens is 2. The van der Waals surface area contributed by atoms with E-state index in [2.05, 4.69) is 9.97 Å². The van der Waals surface area contributed by atoms with Crippen LogP contribution in [0.4, 0.5) is 13.2 Å². The molecule has 0 aliphatic carbocycles. The van der Waals surface area contributed by atoms with Crippen LogP contribution in [-0.2, 0) is 32.7 Å². The molecule has 164 valence electrons. The van der Waals surface area contributed by atoms with Gasteiger partial charge in [-0.25, -0.2) is 26.8 Å². The van der Waals surface area contributed by atoms with Crippen molar-refractivity contribution in [1.29, 1.82) is 0 Å². The number of nitrogens with one attached hydrogen (secondary N) is 1. The summed E-state index contributed by atoms with van der Waals surface area (Å²) in [5.74, 6) is -1.55. The predicted octanol–water partition coefficient (Wildman–Crippen LogP) is 3.37. The van der Waals surface area contributed by atoms with Gasteiger partial charge in [0.2, 0.25) is 5.82 Å². The molecular weight excluding hydrogens is 479 g/mol. The minimum atomic E-state index is -4.78. The quantitative estimate of drug-likeness (QED) is 0.404. The molecule has 1 heterocycles. The van der Waals surface area contributed by atoms with Crippen LogP contribution in [0.15, 0.2) is 59.6 Å². The zero-order chi connectivity index (χ0) is 22.8. The molecule has 0 atom stereocenters. The average Bonchev–Trinajstić information content (AvgIpc) is 2.73. The number of alkyl halides is 3. The summed E-state index contributed by atoms with van der Waals surface area (Å²) < 4.78 is 86.4. The molecule has 0 radical (unpaired) electrons. The van der Waals surface area contributed by atoms with Crippen molar-refractivity contribution in [2.45, 2.75) is 16.8 Å². The second kappa shape index (κ2) is 8.91. The van der Waals surface area contributed by atoms with Crippen molar-refractivity contribution in [2.24, 2.45) is 0 Å². The van der Waals surface area contributed by atoms with Crippen molar-refractivity contribution in [3.8, 4) is 22.4 Å². The highest BCUT2D eigenvalue weighted by molar-refractivity contribution is 7.90. The molecule has 0 aliphatic heterocycles. The summed E-state index contributed by atoms with van der Waals surface area (Å²) >= 11 is 5.19. The van der Waals surface area contributed by atoms with Crippen LogP contribution in [0.25, 0.3) is 22.4 Å². The third-order valence-electron chi connectivity index (χ3n) is 4.16. The Labute approximate surface area is 182 Å². The van der Waals surface area contributed by atoms with Crippen LogP contribution in [-0.4, -0.2) is 26.8 Å². The minimum Gasteiger partial charge on any atom is -0.232 e. The third kappa shape index (κ3) is 5.39. The van der Waals surface area contributed by atoms with Gasteiger partial charge in [-0.15, -0.1) is 4.24 Å². The van der Waals surface area contributed by atoms with E-state index in [1.165, 1.54) is 48.5 Å². The topological polar surface area (TPSA) is 106 Å². The maximum atomic E-state index is 13.2. The second-order valence-electron chi connectivity index (χ2n) is 6.25. The Kier molecular flexibility index (Phi) is 6.65. The van der Waals surface area contributed by atoms with Gasteiger partial charge in [-0.2, -0.15) is 13.2 Å². The second-order valence-corrected chi connectivity index (χ2v) is 9.32. The molecule has 0 saturated carbocycles. The molecular formula is C18H13ClF3N3O4S2. The summed E-state index contributed by atoms with van der Waals surface area (Å²) in [6.07, 6.45) is -3.78. The van der Waals surface area contributed by atoms with E-state index >= 15 is 0 Å². The van der Waals surface area contributed by atoms with Gasteiger partial charge in [-0.05, 0) is 35.0 Å². The van der Waals surface area contributed by atoms with Crippen molar-refractivity contribution >= 4 is 32.5 Å². The number of rotatable bonds is 6. The fourth-order valence-corrected chi connectivity index (χ4v) is 4.08. The molecule has 0 bridgehead atoms. The first kappa shape index (κ1) is 23.1. The lowest BCUT2D eigenvalue weighted by molar-refractivity contribution is -0.144. The third-order valence-corrected chi connectivity index (χ3v) is 6.49. The van der Waals surface area contributed by atoms with E-state index in [0.717, 1.165) is 6.20 Å². The molecule has 0 unspecified atom stereocenters. The van der Waals surface area contributed by atoms with E-state index in [4.69, 9.17) is 11.8 Å². The molecule has 1 aromatic heterocycles. The lowest BCUT2D eigenvalue weighted by Gasteiger charge is -2.13. The van der Waals surface area contributed by atoms with E-state index < -0.39 is 32.7 Å². The van der Waals surface area contributed by atoms with Gasteiger partial charge in [-0.1, -0.05) is 36.4 Å². The van der Waals surface area contributed by atoms with Gasteiger partial charge in [0.05, 0.1) is 16.3 Å². The van der Waals surface area contributed by atoms with Crippen LogP contribution in [0.3, 0.4) is 0 Å². The smallest absolute Gasteiger partial charge is 0.232 e. The number of benzene rings is 2. The Balaban J connectivity index is 2.12. The fraction of sp³-hybridized carbons (Fsp3) is 0.111. The summed E-state index contributed by atoms with van der Waals surface area (Å²) in [4.78, 5) is 6.91. The van der Waals surface area contributed by atoms with Gasteiger partial charge in [-0.3, -0.25) is 0 Å². The number of nitrogens with zero attached hydrogens (tertiary/aromatic N) is 2. The highest BCUT2D eigenvalue weighted by Gasteiger charge is 2.35. The summed E-state index contributed by atoms with van der Waals surface area (Å²) in [6, 6.07) is 11.1. The van der Waals surface area contributed by atoms with Crippen molar-refractivity contribution in [2.75, 3.05) is 0 Å². The van der Waals surface area contributed by atoms with Gasteiger partial charge in [0.15, 0.2) is 0 Å². The van der Waals surface area contributed by atoms with Crippen molar-refractivity contribution < 1.29 is 30.0 Å². The van der Waals surface area contributed by atoms with Crippen LogP contribution >= 0.6 is 11.8 Å². The van der Waals surface area contributed by atoms with Crippen LogP contribution in [0, 0.1) is 0 Å². The first-order chi connectivity index (χ1) is 14.5.